The second kappa shape index (κ2) is 5.95. The molecule has 98 valence electrons. The molecular weight excluding hydrogens is 242 g/mol. The number of carbonyl (C=O) groups is 1. The molecule has 1 aromatic heterocycles. The smallest absolute Gasteiger partial charge is 0.272 e. The molecule has 1 N–H and O–H groups in total. The zero-order chi connectivity index (χ0) is 13.7. The Morgan fingerprint density at radius 3 is 2.47 bits per heavy atom. The van der Waals surface area contributed by atoms with E-state index >= 15 is 0 Å². The Morgan fingerprint density at radius 1 is 1.16 bits per heavy atom. The summed E-state index contributed by atoms with van der Waals surface area (Å²) >= 11 is 0. The van der Waals surface area contributed by atoms with Crippen LogP contribution in [0, 0.1) is 0 Å². The molecule has 0 aliphatic heterocycles. The van der Waals surface area contributed by atoms with Crippen molar-refractivity contribution in [1.29, 1.82) is 0 Å². The molecule has 2 aromatic rings. The second-order valence-electron chi connectivity index (χ2n) is 4.07. The summed E-state index contributed by atoms with van der Waals surface area (Å²) in [4.78, 5) is 12.0. The van der Waals surface area contributed by atoms with Gasteiger partial charge >= 0.3 is 0 Å². The van der Waals surface area contributed by atoms with E-state index in [1.165, 1.54) is 7.11 Å². The number of rotatable bonds is 4. The van der Waals surface area contributed by atoms with Gasteiger partial charge in [-0.3, -0.25) is 4.79 Å². The van der Waals surface area contributed by atoms with Gasteiger partial charge in [0.15, 0.2) is 5.69 Å². The van der Waals surface area contributed by atoms with Crippen LogP contribution in [0.3, 0.4) is 0 Å². The third-order valence-corrected chi connectivity index (χ3v) is 2.73. The Hall–Kier alpha value is -2.43. The van der Waals surface area contributed by atoms with Crippen molar-refractivity contribution in [3.8, 4) is 5.88 Å². The normalized spacial score (nSPS) is 11.7. The van der Waals surface area contributed by atoms with Crippen LogP contribution in [0.25, 0.3) is 0 Å². The predicted octanol–water partition coefficient (Wildman–Crippen LogP) is 1.98. The molecule has 19 heavy (non-hydrogen) atoms. The maximum atomic E-state index is 12.0. The van der Waals surface area contributed by atoms with Crippen LogP contribution in [0.4, 0.5) is 0 Å². The SMILES string of the molecule is COc1ccc(C(=O)NC(C)c2ccccc2)nn1. The van der Waals surface area contributed by atoms with Crippen molar-refractivity contribution in [1.82, 2.24) is 15.5 Å². The highest BCUT2D eigenvalue weighted by Crippen LogP contribution is 2.12. The van der Waals surface area contributed by atoms with E-state index in [-0.39, 0.29) is 17.6 Å². The fourth-order valence-electron chi connectivity index (χ4n) is 1.65. The first-order valence-corrected chi connectivity index (χ1v) is 5.94. The summed E-state index contributed by atoms with van der Waals surface area (Å²) in [5, 5.41) is 10.4. The highest BCUT2D eigenvalue weighted by molar-refractivity contribution is 5.92. The zero-order valence-corrected chi connectivity index (χ0v) is 10.8. The van der Waals surface area contributed by atoms with Gasteiger partial charge in [0, 0.05) is 6.07 Å². The van der Waals surface area contributed by atoms with Crippen molar-refractivity contribution in [2.75, 3.05) is 7.11 Å². The summed E-state index contributed by atoms with van der Waals surface area (Å²) in [6.07, 6.45) is 0. The average molecular weight is 257 g/mol. The summed E-state index contributed by atoms with van der Waals surface area (Å²) in [5.74, 6) is 0.124. The highest BCUT2D eigenvalue weighted by Gasteiger charge is 2.12. The summed E-state index contributed by atoms with van der Waals surface area (Å²) in [6.45, 7) is 1.92. The standard InChI is InChI=1S/C14H15N3O2/c1-10(11-6-4-3-5-7-11)15-14(18)12-8-9-13(19-2)17-16-12/h3-10H,1-2H3,(H,15,18). The monoisotopic (exact) mass is 257 g/mol. The van der Waals surface area contributed by atoms with Gasteiger partial charge in [-0.1, -0.05) is 30.3 Å². The number of benzene rings is 1. The molecule has 2 rings (SSSR count). The van der Waals surface area contributed by atoms with Gasteiger partial charge in [-0.15, -0.1) is 10.2 Å². The summed E-state index contributed by atoms with van der Waals surface area (Å²) in [7, 11) is 1.50. The highest BCUT2D eigenvalue weighted by atomic mass is 16.5. The Labute approximate surface area is 111 Å². The second-order valence-corrected chi connectivity index (χ2v) is 4.07. The lowest BCUT2D eigenvalue weighted by molar-refractivity contribution is 0.0933. The minimum absolute atomic E-state index is 0.0856. The van der Waals surface area contributed by atoms with Crippen LogP contribution in [0.1, 0.15) is 29.0 Å². The zero-order valence-electron chi connectivity index (χ0n) is 10.8. The van der Waals surface area contributed by atoms with Crippen molar-refractivity contribution >= 4 is 5.91 Å². The van der Waals surface area contributed by atoms with Crippen LogP contribution in [-0.4, -0.2) is 23.2 Å². The minimum Gasteiger partial charge on any atom is -0.480 e. The summed E-state index contributed by atoms with van der Waals surface area (Å²) in [6, 6.07) is 12.8. The molecule has 0 bridgehead atoms. The molecule has 1 aromatic carbocycles. The van der Waals surface area contributed by atoms with Crippen LogP contribution in [0.5, 0.6) is 5.88 Å². The molecule has 0 saturated heterocycles. The number of ether oxygens (including phenoxy) is 1. The number of methoxy groups -OCH3 is 1. The lowest BCUT2D eigenvalue weighted by atomic mass is 10.1. The third kappa shape index (κ3) is 3.28. The van der Waals surface area contributed by atoms with Gasteiger partial charge in [0.1, 0.15) is 0 Å². The molecule has 0 radical (unpaired) electrons. The van der Waals surface area contributed by atoms with Crippen molar-refractivity contribution in [2.24, 2.45) is 0 Å². The molecule has 0 saturated carbocycles. The number of amides is 1. The van der Waals surface area contributed by atoms with E-state index in [0.717, 1.165) is 5.56 Å². The molecule has 0 fully saturated rings. The lowest BCUT2D eigenvalue weighted by Crippen LogP contribution is -2.27. The van der Waals surface area contributed by atoms with E-state index in [1.54, 1.807) is 12.1 Å². The van der Waals surface area contributed by atoms with E-state index in [9.17, 15) is 4.79 Å². The Balaban J connectivity index is 2.04. The fraction of sp³-hybridized carbons (Fsp3) is 0.214. The minimum atomic E-state index is -0.258. The van der Waals surface area contributed by atoms with Crippen molar-refractivity contribution in [3.63, 3.8) is 0 Å². The third-order valence-electron chi connectivity index (χ3n) is 2.73. The van der Waals surface area contributed by atoms with E-state index in [1.807, 2.05) is 37.3 Å². The lowest BCUT2D eigenvalue weighted by Gasteiger charge is -2.13. The van der Waals surface area contributed by atoms with Crippen LogP contribution in [-0.2, 0) is 0 Å². The number of nitrogens with zero attached hydrogens (tertiary/aromatic N) is 2. The number of carbonyl (C=O) groups excluding carboxylic acids is 1. The van der Waals surface area contributed by atoms with E-state index < -0.39 is 0 Å². The topological polar surface area (TPSA) is 64.1 Å². The van der Waals surface area contributed by atoms with Crippen molar-refractivity contribution < 1.29 is 9.53 Å². The van der Waals surface area contributed by atoms with Gasteiger partial charge in [0.25, 0.3) is 5.91 Å². The van der Waals surface area contributed by atoms with Gasteiger partial charge in [-0.05, 0) is 18.6 Å². The quantitative estimate of drug-likeness (QED) is 0.909. The number of aromatic nitrogens is 2. The molecule has 1 atom stereocenters. The van der Waals surface area contributed by atoms with Crippen LogP contribution in [0.2, 0.25) is 0 Å². The molecule has 0 aliphatic carbocycles. The van der Waals surface area contributed by atoms with Gasteiger partial charge in [-0.2, -0.15) is 0 Å². The van der Waals surface area contributed by atoms with Crippen LogP contribution >= 0.6 is 0 Å². The Morgan fingerprint density at radius 2 is 1.89 bits per heavy atom. The predicted molar refractivity (Wildman–Crippen MR) is 70.9 cm³/mol. The van der Waals surface area contributed by atoms with Gasteiger partial charge in [0.05, 0.1) is 13.2 Å². The molecule has 1 heterocycles. The van der Waals surface area contributed by atoms with Crippen molar-refractivity contribution in [2.45, 2.75) is 13.0 Å². The summed E-state index contributed by atoms with van der Waals surface area (Å²) < 4.78 is 4.89. The Bertz CT molecular complexity index is 540. The molecular formula is C14H15N3O2. The molecule has 0 aliphatic rings. The molecule has 1 amide bonds. The maximum absolute atomic E-state index is 12.0. The van der Waals surface area contributed by atoms with Gasteiger partial charge < -0.3 is 10.1 Å². The largest absolute Gasteiger partial charge is 0.480 e. The maximum Gasteiger partial charge on any atom is 0.272 e. The Kier molecular flexibility index (Phi) is 4.07. The average Bonchev–Trinajstić information content (AvgIpc) is 2.48. The van der Waals surface area contributed by atoms with E-state index in [4.69, 9.17) is 4.74 Å². The van der Waals surface area contributed by atoms with Crippen LogP contribution in [0.15, 0.2) is 42.5 Å². The first-order chi connectivity index (χ1) is 9.20. The molecule has 5 heteroatoms. The van der Waals surface area contributed by atoms with Gasteiger partial charge in [0.2, 0.25) is 5.88 Å². The van der Waals surface area contributed by atoms with E-state index in [0.29, 0.717) is 5.88 Å². The molecule has 1 unspecified atom stereocenters. The van der Waals surface area contributed by atoms with Crippen molar-refractivity contribution in [3.05, 3.63) is 53.7 Å². The number of hydrogen-bond acceptors (Lipinski definition) is 4. The van der Waals surface area contributed by atoms with Gasteiger partial charge in [-0.25, -0.2) is 0 Å². The first-order valence-electron chi connectivity index (χ1n) is 5.94. The molecule has 5 nitrogen and oxygen atoms in total. The van der Waals surface area contributed by atoms with E-state index in [2.05, 4.69) is 15.5 Å². The van der Waals surface area contributed by atoms with Crippen LogP contribution < -0.4 is 10.1 Å². The first kappa shape index (κ1) is 13.0. The number of hydrogen-bond donors (Lipinski definition) is 1. The summed E-state index contributed by atoms with van der Waals surface area (Å²) in [5.41, 5.74) is 1.31. The fourth-order valence-corrected chi connectivity index (χ4v) is 1.65. The molecule has 0 spiro atoms. The number of nitrogens with one attached hydrogen (secondary N) is 1.